The van der Waals surface area contributed by atoms with Crippen molar-refractivity contribution in [2.24, 2.45) is 0 Å². The third-order valence-corrected chi connectivity index (χ3v) is 3.31. The molecular weight excluding hydrogens is 208 g/mol. The van der Waals surface area contributed by atoms with Crippen LogP contribution < -0.4 is 10.9 Å². The summed E-state index contributed by atoms with van der Waals surface area (Å²) in [6.07, 6.45) is 1.09. The van der Waals surface area contributed by atoms with Gasteiger partial charge in [0, 0.05) is 12.1 Å². The summed E-state index contributed by atoms with van der Waals surface area (Å²) < 4.78 is 0. The minimum Gasteiger partial charge on any atom is -0.250 e. The van der Waals surface area contributed by atoms with Gasteiger partial charge < -0.3 is 0 Å². The number of hydrogen-bond donors (Lipinski definition) is 2. The lowest BCUT2D eigenvalue weighted by Crippen LogP contribution is -2.26. The number of nitrogens with one attached hydrogen (secondary N) is 2. The van der Waals surface area contributed by atoms with Crippen molar-refractivity contribution in [1.82, 2.24) is 10.9 Å². The molecule has 1 fully saturated rings. The second-order valence-corrected chi connectivity index (χ2v) is 4.45. The van der Waals surface area contributed by atoms with Crippen LogP contribution in [-0.4, -0.2) is 0 Å². The van der Waals surface area contributed by atoms with E-state index in [9.17, 15) is 0 Å². The molecule has 2 aromatic carbocycles. The highest BCUT2D eigenvalue weighted by Crippen LogP contribution is 2.30. The van der Waals surface area contributed by atoms with Crippen LogP contribution in [0.1, 0.15) is 29.6 Å². The zero-order valence-corrected chi connectivity index (χ0v) is 9.64. The van der Waals surface area contributed by atoms with Crippen molar-refractivity contribution < 1.29 is 0 Å². The van der Waals surface area contributed by atoms with Crippen molar-refractivity contribution in [2.45, 2.75) is 18.5 Å². The lowest BCUT2D eigenvalue weighted by atomic mass is 9.98. The Hall–Kier alpha value is -1.64. The lowest BCUT2D eigenvalue weighted by molar-refractivity contribution is 0.555. The molecule has 1 aliphatic rings. The second-order valence-electron chi connectivity index (χ2n) is 4.45. The van der Waals surface area contributed by atoms with Crippen molar-refractivity contribution in [3.8, 4) is 0 Å². The van der Waals surface area contributed by atoms with E-state index in [4.69, 9.17) is 0 Å². The van der Waals surface area contributed by atoms with Crippen molar-refractivity contribution in [3.05, 3.63) is 71.8 Å². The second kappa shape index (κ2) is 4.70. The fourth-order valence-electron chi connectivity index (χ4n) is 2.36. The van der Waals surface area contributed by atoms with Crippen LogP contribution in [0.5, 0.6) is 0 Å². The molecule has 0 aliphatic carbocycles. The third-order valence-electron chi connectivity index (χ3n) is 3.31. The molecule has 0 saturated carbocycles. The monoisotopic (exact) mass is 224 g/mol. The van der Waals surface area contributed by atoms with Crippen molar-refractivity contribution in [3.63, 3.8) is 0 Å². The molecular formula is C15H16N2. The first-order chi connectivity index (χ1) is 8.43. The normalized spacial score (nSPS) is 23.8. The van der Waals surface area contributed by atoms with Gasteiger partial charge in [-0.1, -0.05) is 60.7 Å². The van der Waals surface area contributed by atoms with Crippen LogP contribution in [0, 0.1) is 0 Å². The maximum Gasteiger partial charge on any atom is 0.0481 e. The molecule has 0 bridgehead atoms. The largest absolute Gasteiger partial charge is 0.250 e. The van der Waals surface area contributed by atoms with E-state index in [2.05, 4.69) is 71.5 Å². The summed E-state index contributed by atoms with van der Waals surface area (Å²) in [5.74, 6) is 0. The van der Waals surface area contributed by atoms with E-state index >= 15 is 0 Å². The Kier molecular flexibility index (Phi) is 2.90. The van der Waals surface area contributed by atoms with Crippen LogP contribution in [0.2, 0.25) is 0 Å². The average molecular weight is 224 g/mol. The molecule has 2 nitrogen and oxygen atoms in total. The zero-order chi connectivity index (χ0) is 11.5. The molecule has 3 rings (SSSR count). The van der Waals surface area contributed by atoms with Gasteiger partial charge in [0.25, 0.3) is 0 Å². The van der Waals surface area contributed by atoms with Crippen LogP contribution in [-0.2, 0) is 0 Å². The molecule has 1 saturated heterocycles. The highest BCUT2D eigenvalue weighted by atomic mass is 15.4. The quantitative estimate of drug-likeness (QED) is 0.819. The summed E-state index contributed by atoms with van der Waals surface area (Å²) in [6, 6.07) is 22.0. The number of hydrogen-bond acceptors (Lipinski definition) is 2. The Morgan fingerprint density at radius 2 is 1.06 bits per heavy atom. The summed E-state index contributed by atoms with van der Waals surface area (Å²) in [5.41, 5.74) is 9.43. The van der Waals surface area contributed by atoms with E-state index in [0.717, 1.165) is 6.42 Å². The minimum absolute atomic E-state index is 0.404. The van der Waals surface area contributed by atoms with Crippen molar-refractivity contribution in [2.75, 3.05) is 0 Å². The van der Waals surface area contributed by atoms with Gasteiger partial charge in [-0.2, -0.15) is 0 Å². The van der Waals surface area contributed by atoms with Gasteiger partial charge >= 0.3 is 0 Å². The molecule has 2 heteroatoms. The van der Waals surface area contributed by atoms with Crippen LogP contribution in [0.15, 0.2) is 60.7 Å². The SMILES string of the molecule is c1ccc([C@H]2C[C@H](c3ccccc3)NN2)cc1. The van der Waals surface area contributed by atoms with Gasteiger partial charge in [0.15, 0.2) is 0 Å². The van der Waals surface area contributed by atoms with Crippen LogP contribution in [0.25, 0.3) is 0 Å². The van der Waals surface area contributed by atoms with Crippen LogP contribution >= 0.6 is 0 Å². The smallest absolute Gasteiger partial charge is 0.0481 e. The van der Waals surface area contributed by atoms with Crippen molar-refractivity contribution >= 4 is 0 Å². The Morgan fingerprint density at radius 1 is 0.647 bits per heavy atom. The molecule has 86 valence electrons. The molecule has 0 radical (unpaired) electrons. The van der Waals surface area contributed by atoms with E-state index in [1.165, 1.54) is 11.1 Å². The van der Waals surface area contributed by atoms with Gasteiger partial charge in [-0.05, 0) is 17.5 Å². The first-order valence-corrected chi connectivity index (χ1v) is 6.04. The molecule has 0 aromatic heterocycles. The van der Waals surface area contributed by atoms with E-state index in [1.54, 1.807) is 0 Å². The molecule has 2 atom stereocenters. The predicted molar refractivity (Wildman–Crippen MR) is 69.3 cm³/mol. The highest BCUT2D eigenvalue weighted by Gasteiger charge is 2.25. The summed E-state index contributed by atoms with van der Waals surface area (Å²) in [5, 5.41) is 0. The maximum atomic E-state index is 3.37. The maximum absolute atomic E-state index is 3.37. The van der Waals surface area contributed by atoms with Gasteiger partial charge in [-0.15, -0.1) is 0 Å². The molecule has 17 heavy (non-hydrogen) atoms. The van der Waals surface area contributed by atoms with Gasteiger partial charge in [0.2, 0.25) is 0 Å². The summed E-state index contributed by atoms with van der Waals surface area (Å²) in [4.78, 5) is 0. The summed E-state index contributed by atoms with van der Waals surface area (Å²) >= 11 is 0. The van der Waals surface area contributed by atoms with E-state index in [0.29, 0.717) is 12.1 Å². The predicted octanol–water partition coefficient (Wildman–Crippen LogP) is 2.97. The van der Waals surface area contributed by atoms with Gasteiger partial charge in [-0.3, -0.25) is 0 Å². The fraction of sp³-hybridized carbons (Fsp3) is 0.200. The Bertz CT molecular complexity index is 421. The Labute approximate surface area is 102 Å². The van der Waals surface area contributed by atoms with Crippen molar-refractivity contribution in [1.29, 1.82) is 0 Å². The minimum atomic E-state index is 0.404. The lowest BCUT2D eigenvalue weighted by Gasteiger charge is -2.09. The molecule has 1 heterocycles. The number of benzene rings is 2. The van der Waals surface area contributed by atoms with Crippen LogP contribution in [0.3, 0.4) is 0 Å². The molecule has 2 aromatic rings. The van der Waals surface area contributed by atoms with Gasteiger partial charge in [0.05, 0.1) is 0 Å². The average Bonchev–Trinajstić information content (AvgIpc) is 2.90. The summed E-state index contributed by atoms with van der Waals surface area (Å²) in [6.45, 7) is 0. The van der Waals surface area contributed by atoms with Gasteiger partial charge in [0.1, 0.15) is 0 Å². The molecule has 1 aliphatic heterocycles. The zero-order valence-electron chi connectivity index (χ0n) is 9.64. The Balaban J connectivity index is 1.75. The number of hydrazine groups is 1. The molecule has 0 spiro atoms. The molecule has 0 unspecified atom stereocenters. The number of rotatable bonds is 2. The first kappa shape index (κ1) is 10.5. The van der Waals surface area contributed by atoms with E-state index in [-0.39, 0.29) is 0 Å². The Morgan fingerprint density at radius 3 is 1.47 bits per heavy atom. The van der Waals surface area contributed by atoms with Crippen LogP contribution in [0.4, 0.5) is 0 Å². The standard InChI is InChI=1S/C15H16N2/c1-3-7-12(8-4-1)14-11-15(17-16-14)13-9-5-2-6-10-13/h1-10,14-17H,11H2/t14-,15-/m1/s1. The van der Waals surface area contributed by atoms with E-state index < -0.39 is 0 Å². The topological polar surface area (TPSA) is 24.1 Å². The first-order valence-electron chi connectivity index (χ1n) is 6.04. The summed E-state index contributed by atoms with van der Waals surface area (Å²) in [7, 11) is 0. The third kappa shape index (κ3) is 2.23. The molecule has 2 N–H and O–H groups in total. The van der Waals surface area contributed by atoms with Gasteiger partial charge in [-0.25, -0.2) is 10.9 Å². The fourth-order valence-corrected chi connectivity index (χ4v) is 2.36. The van der Waals surface area contributed by atoms with E-state index in [1.807, 2.05) is 0 Å². The molecule has 0 amide bonds. The highest BCUT2D eigenvalue weighted by molar-refractivity contribution is 5.24.